The van der Waals surface area contributed by atoms with Crippen LogP contribution in [0.4, 0.5) is 0 Å². The number of hydrogen-bond acceptors (Lipinski definition) is 4. The maximum atomic E-state index is 5.79. The molecule has 0 amide bonds. The van der Waals surface area contributed by atoms with Gasteiger partial charge in [0, 0.05) is 32.5 Å². The van der Waals surface area contributed by atoms with E-state index in [-0.39, 0.29) is 11.6 Å². The molecule has 5 heteroatoms. The highest BCUT2D eigenvalue weighted by atomic mass is 16.5. The van der Waals surface area contributed by atoms with Crippen LogP contribution in [0.15, 0.2) is 12.4 Å². The zero-order valence-electron chi connectivity index (χ0n) is 11.4. The lowest BCUT2D eigenvalue weighted by Gasteiger charge is -2.35. The molecule has 1 aromatic rings. The molecule has 0 bridgehead atoms. The van der Waals surface area contributed by atoms with Crippen LogP contribution in [0.3, 0.4) is 0 Å². The first-order chi connectivity index (χ1) is 8.75. The van der Waals surface area contributed by atoms with Crippen molar-refractivity contribution >= 4 is 0 Å². The minimum atomic E-state index is -0.126. The van der Waals surface area contributed by atoms with Gasteiger partial charge in [-0.05, 0) is 19.8 Å². The lowest BCUT2D eigenvalue weighted by molar-refractivity contribution is -0.0362. The molecule has 1 heterocycles. The molecule has 2 rings (SSSR count). The normalized spacial score (nSPS) is 20.2. The number of aromatic nitrogens is 2. The van der Waals surface area contributed by atoms with Crippen LogP contribution in [-0.4, -0.2) is 28.3 Å². The SMILES string of the molecule is CCn1ccnc1CC(NN)C1(OC)CCCC1. The number of hydrazine groups is 1. The van der Waals surface area contributed by atoms with E-state index >= 15 is 0 Å². The Labute approximate surface area is 109 Å². The summed E-state index contributed by atoms with van der Waals surface area (Å²) >= 11 is 0. The maximum Gasteiger partial charge on any atom is 0.110 e. The molecular formula is C13H24N4O. The predicted molar refractivity (Wildman–Crippen MR) is 70.9 cm³/mol. The lowest BCUT2D eigenvalue weighted by atomic mass is 9.90. The average molecular weight is 252 g/mol. The molecule has 1 aliphatic carbocycles. The first-order valence-electron chi connectivity index (χ1n) is 6.77. The van der Waals surface area contributed by atoms with Gasteiger partial charge in [-0.15, -0.1) is 0 Å². The van der Waals surface area contributed by atoms with Gasteiger partial charge in [-0.3, -0.25) is 11.3 Å². The lowest BCUT2D eigenvalue weighted by Crippen LogP contribution is -2.54. The molecule has 1 saturated carbocycles. The smallest absolute Gasteiger partial charge is 0.110 e. The number of imidazole rings is 1. The average Bonchev–Trinajstić information content (AvgIpc) is 3.05. The first-order valence-corrected chi connectivity index (χ1v) is 6.77. The van der Waals surface area contributed by atoms with E-state index in [9.17, 15) is 0 Å². The van der Waals surface area contributed by atoms with E-state index in [1.54, 1.807) is 7.11 Å². The Balaban J connectivity index is 2.13. The number of rotatable bonds is 6. The van der Waals surface area contributed by atoms with Gasteiger partial charge in [0.15, 0.2) is 0 Å². The molecule has 0 radical (unpaired) electrons. The Bertz CT molecular complexity index is 371. The summed E-state index contributed by atoms with van der Waals surface area (Å²) in [7, 11) is 1.79. The standard InChI is InChI=1S/C13H24N4O/c1-3-17-9-8-15-12(17)10-11(16-14)13(18-2)6-4-5-7-13/h8-9,11,16H,3-7,10,14H2,1-2H3. The molecule has 1 fully saturated rings. The number of nitrogens with two attached hydrogens (primary N) is 1. The van der Waals surface area contributed by atoms with E-state index in [0.717, 1.165) is 31.6 Å². The van der Waals surface area contributed by atoms with E-state index in [2.05, 4.69) is 21.9 Å². The first kappa shape index (κ1) is 13.5. The molecule has 1 aromatic heterocycles. The van der Waals surface area contributed by atoms with Gasteiger partial charge in [-0.1, -0.05) is 12.8 Å². The van der Waals surface area contributed by atoms with Crippen LogP contribution in [0.25, 0.3) is 0 Å². The van der Waals surface area contributed by atoms with Crippen molar-refractivity contribution < 1.29 is 4.74 Å². The zero-order valence-corrected chi connectivity index (χ0v) is 11.4. The summed E-state index contributed by atoms with van der Waals surface area (Å²) in [6, 6.07) is 0.123. The highest BCUT2D eigenvalue weighted by molar-refractivity contribution is 5.03. The predicted octanol–water partition coefficient (Wildman–Crippen LogP) is 1.24. The second-order valence-electron chi connectivity index (χ2n) is 5.03. The second-order valence-corrected chi connectivity index (χ2v) is 5.03. The fourth-order valence-corrected chi connectivity index (χ4v) is 3.07. The Morgan fingerprint density at radius 3 is 2.83 bits per heavy atom. The molecule has 1 unspecified atom stereocenters. The van der Waals surface area contributed by atoms with Crippen molar-refractivity contribution in [2.75, 3.05) is 7.11 Å². The Kier molecular flexibility index (Phi) is 4.37. The summed E-state index contributed by atoms with van der Waals surface area (Å²) in [5.74, 6) is 6.83. The Morgan fingerprint density at radius 2 is 2.28 bits per heavy atom. The van der Waals surface area contributed by atoms with E-state index < -0.39 is 0 Å². The Hall–Kier alpha value is -0.910. The third-order valence-electron chi connectivity index (χ3n) is 4.22. The van der Waals surface area contributed by atoms with Gasteiger partial charge in [0.05, 0.1) is 11.6 Å². The van der Waals surface area contributed by atoms with E-state index in [1.807, 2.05) is 12.4 Å². The molecule has 0 saturated heterocycles. The topological polar surface area (TPSA) is 65.1 Å². The van der Waals surface area contributed by atoms with Crippen molar-refractivity contribution in [2.45, 2.75) is 57.2 Å². The molecule has 0 aromatic carbocycles. The van der Waals surface area contributed by atoms with Gasteiger partial charge >= 0.3 is 0 Å². The van der Waals surface area contributed by atoms with Crippen LogP contribution in [0, 0.1) is 0 Å². The van der Waals surface area contributed by atoms with E-state index in [4.69, 9.17) is 10.6 Å². The molecule has 5 nitrogen and oxygen atoms in total. The Morgan fingerprint density at radius 1 is 1.56 bits per heavy atom. The van der Waals surface area contributed by atoms with Crippen molar-refractivity contribution in [2.24, 2.45) is 5.84 Å². The van der Waals surface area contributed by atoms with Gasteiger partial charge < -0.3 is 9.30 Å². The maximum absolute atomic E-state index is 5.79. The summed E-state index contributed by atoms with van der Waals surface area (Å²) in [5.41, 5.74) is 2.82. The molecule has 0 spiro atoms. The molecule has 3 N–H and O–H groups in total. The number of aryl methyl sites for hydroxylation is 1. The van der Waals surface area contributed by atoms with Gasteiger partial charge in [0.2, 0.25) is 0 Å². The zero-order chi connectivity index (χ0) is 13.0. The minimum Gasteiger partial charge on any atom is -0.377 e. The summed E-state index contributed by atoms with van der Waals surface area (Å²) in [6.07, 6.45) is 9.25. The molecular weight excluding hydrogens is 228 g/mol. The fraction of sp³-hybridized carbons (Fsp3) is 0.769. The molecule has 1 aliphatic rings. The third kappa shape index (κ3) is 2.43. The summed E-state index contributed by atoms with van der Waals surface area (Å²) < 4.78 is 7.95. The van der Waals surface area contributed by atoms with Crippen molar-refractivity contribution in [1.82, 2.24) is 15.0 Å². The van der Waals surface area contributed by atoms with Crippen LogP contribution in [0.1, 0.15) is 38.4 Å². The van der Waals surface area contributed by atoms with Crippen LogP contribution in [0.2, 0.25) is 0 Å². The van der Waals surface area contributed by atoms with Gasteiger partial charge in [0.1, 0.15) is 5.82 Å². The van der Waals surface area contributed by atoms with Crippen molar-refractivity contribution in [1.29, 1.82) is 0 Å². The third-order valence-corrected chi connectivity index (χ3v) is 4.22. The minimum absolute atomic E-state index is 0.123. The molecule has 0 aliphatic heterocycles. The number of nitrogens with one attached hydrogen (secondary N) is 1. The van der Waals surface area contributed by atoms with Crippen LogP contribution in [0.5, 0.6) is 0 Å². The number of methoxy groups -OCH3 is 1. The molecule has 1 atom stereocenters. The van der Waals surface area contributed by atoms with E-state index in [1.165, 1.54) is 12.8 Å². The highest BCUT2D eigenvalue weighted by Crippen LogP contribution is 2.36. The van der Waals surface area contributed by atoms with Gasteiger partial charge in [0.25, 0.3) is 0 Å². The monoisotopic (exact) mass is 252 g/mol. The number of nitrogens with zero attached hydrogens (tertiary/aromatic N) is 2. The van der Waals surface area contributed by atoms with Crippen molar-refractivity contribution in [3.63, 3.8) is 0 Å². The molecule has 18 heavy (non-hydrogen) atoms. The summed E-state index contributed by atoms with van der Waals surface area (Å²) in [6.45, 7) is 3.06. The largest absolute Gasteiger partial charge is 0.377 e. The van der Waals surface area contributed by atoms with Gasteiger partial charge in [-0.25, -0.2) is 4.98 Å². The van der Waals surface area contributed by atoms with Crippen molar-refractivity contribution in [3.05, 3.63) is 18.2 Å². The van der Waals surface area contributed by atoms with Crippen LogP contribution < -0.4 is 11.3 Å². The summed E-state index contributed by atoms with van der Waals surface area (Å²) in [4.78, 5) is 4.42. The number of ether oxygens (including phenoxy) is 1. The fourth-order valence-electron chi connectivity index (χ4n) is 3.07. The van der Waals surface area contributed by atoms with Crippen molar-refractivity contribution in [3.8, 4) is 0 Å². The molecule has 102 valence electrons. The van der Waals surface area contributed by atoms with E-state index in [0.29, 0.717) is 0 Å². The van der Waals surface area contributed by atoms with Gasteiger partial charge in [-0.2, -0.15) is 0 Å². The van der Waals surface area contributed by atoms with Crippen LogP contribution >= 0.6 is 0 Å². The second kappa shape index (κ2) is 5.82. The summed E-state index contributed by atoms with van der Waals surface area (Å²) in [5, 5.41) is 0. The quantitative estimate of drug-likeness (QED) is 0.590. The highest BCUT2D eigenvalue weighted by Gasteiger charge is 2.41. The van der Waals surface area contributed by atoms with Crippen LogP contribution in [-0.2, 0) is 17.7 Å². The number of hydrogen-bond donors (Lipinski definition) is 2.